The molecule has 0 spiro atoms. The Hall–Kier alpha value is -1.02. The normalized spacial score (nSPS) is 11.4. The minimum absolute atomic E-state index is 0.689. The van der Waals surface area contributed by atoms with Gasteiger partial charge in [-0.15, -0.1) is 0 Å². The van der Waals surface area contributed by atoms with Gasteiger partial charge >= 0.3 is 0 Å². The molecule has 0 radical (unpaired) electrons. The maximum atomic E-state index is 3.39. The SMILES string of the molecule is CCNCc1ccc(N(CC(C)C)CC(C)C)c(C)c1. The maximum absolute atomic E-state index is 3.39. The number of nitrogens with one attached hydrogen (secondary N) is 1. The molecular formula is C18H32N2. The summed E-state index contributed by atoms with van der Waals surface area (Å²) in [5.41, 5.74) is 4.16. The van der Waals surface area contributed by atoms with E-state index in [1.54, 1.807) is 0 Å². The molecule has 2 nitrogen and oxygen atoms in total. The van der Waals surface area contributed by atoms with Crippen LogP contribution in [0.5, 0.6) is 0 Å². The highest BCUT2D eigenvalue weighted by Crippen LogP contribution is 2.23. The lowest BCUT2D eigenvalue weighted by atomic mass is 10.1. The first-order valence-electron chi connectivity index (χ1n) is 7.99. The summed E-state index contributed by atoms with van der Waals surface area (Å²) in [7, 11) is 0. The molecule has 0 saturated carbocycles. The van der Waals surface area contributed by atoms with Gasteiger partial charge in [0.1, 0.15) is 0 Å². The van der Waals surface area contributed by atoms with Gasteiger partial charge < -0.3 is 10.2 Å². The number of rotatable bonds is 8. The molecule has 0 aliphatic heterocycles. The van der Waals surface area contributed by atoms with Crippen LogP contribution in [-0.4, -0.2) is 19.6 Å². The minimum atomic E-state index is 0.689. The van der Waals surface area contributed by atoms with E-state index in [4.69, 9.17) is 0 Å². The van der Waals surface area contributed by atoms with Crippen LogP contribution in [0.4, 0.5) is 5.69 Å². The largest absolute Gasteiger partial charge is 0.371 e. The summed E-state index contributed by atoms with van der Waals surface area (Å²) in [4.78, 5) is 2.54. The first-order chi connectivity index (χ1) is 9.43. The summed E-state index contributed by atoms with van der Waals surface area (Å²) in [6.45, 7) is 17.8. The van der Waals surface area contributed by atoms with Crippen molar-refractivity contribution in [3.05, 3.63) is 29.3 Å². The Kier molecular flexibility index (Phi) is 7.08. The van der Waals surface area contributed by atoms with Crippen LogP contribution in [0.15, 0.2) is 18.2 Å². The number of aryl methyl sites for hydroxylation is 1. The second-order valence-electron chi connectivity index (χ2n) is 6.59. The summed E-state index contributed by atoms with van der Waals surface area (Å²) >= 11 is 0. The molecule has 0 saturated heterocycles. The van der Waals surface area contributed by atoms with Crippen LogP contribution < -0.4 is 10.2 Å². The highest BCUT2D eigenvalue weighted by Gasteiger charge is 2.12. The van der Waals surface area contributed by atoms with Crippen LogP contribution in [-0.2, 0) is 6.54 Å². The number of nitrogens with zero attached hydrogens (tertiary/aromatic N) is 1. The summed E-state index contributed by atoms with van der Waals surface area (Å²) in [5, 5.41) is 3.39. The van der Waals surface area contributed by atoms with Crippen LogP contribution in [0.1, 0.15) is 45.7 Å². The molecule has 0 aliphatic carbocycles. The van der Waals surface area contributed by atoms with Crippen molar-refractivity contribution in [2.45, 2.75) is 48.1 Å². The van der Waals surface area contributed by atoms with Gasteiger partial charge in [-0.3, -0.25) is 0 Å². The summed E-state index contributed by atoms with van der Waals surface area (Å²) in [5.74, 6) is 1.38. The van der Waals surface area contributed by atoms with E-state index in [1.165, 1.54) is 16.8 Å². The molecule has 0 aliphatic rings. The lowest BCUT2D eigenvalue weighted by Gasteiger charge is -2.30. The van der Waals surface area contributed by atoms with E-state index in [-0.39, 0.29) is 0 Å². The Morgan fingerprint density at radius 2 is 1.65 bits per heavy atom. The first-order valence-corrected chi connectivity index (χ1v) is 7.99. The van der Waals surface area contributed by atoms with E-state index in [2.05, 4.69) is 70.0 Å². The molecule has 0 amide bonds. The quantitative estimate of drug-likeness (QED) is 0.764. The number of benzene rings is 1. The lowest BCUT2D eigenvalue weighted by molar-refractivity contribution is 0.552. The average Bonchev–Trinajstić information content (AvgIpc) is 2.34. The molecule has 2 heteroatoms. The fourth-order valence-corrected chi connectivity index (χ4v) is 2.60. The standard InChI is InChI=1S/C18H32N2/c1-7-19-11-17-8-9-18(16(6)10-17)20(12-14(2)3)13-15(4)5/h8-10,14-15,19H,7,11-13H2,1-6H3. The van der Waals surface area contributed by atoms with E-state index < -0.39 is 0 Å². The Labute approximate surface area is 125 Å². The monoisotopic (exact) mass is 276 g/mol. The zero-order valence-corrected chi connectivity index (χ0v) is 14.2. The fraction of sp³-hybridized carbons (Fsp3) is 0.667. The van der Waals surface area contributed by atoms with Gasteiger partial charge in [-0.25, -0.2) is 0 Å². The molecular weight excluding hydrogens is 244 g/mol. The molecule has 0 atom stereocenters. The van der Waals surface area contributed by atoms with Crippen molar-refractivity contribution in [3.8, 4) is 0 Å². The van der Waals surface area contributed by atoms with Crippen molar-refractivity contribution in [1.29, 1.82) is 0 Å². The molecule has 114 valence electrons. The second kappa shape index (κ2) is 8.31. The highest BCUT2D eigenvalue weighted by molar-refractivity contribution is 5.54. The van der Waals surface area contributed by atoms with Crippen molar-refractivity contribution < 1.29 is 0 Å². The molecule has 0 aromatic heterocycles. The second-order valence-corrected chi connectivity index (χ2v) is 6.59. The summed E-state index contributed by atoms with van der Waals surface area (Å²) in [6.07, 6.45) is 0. The van der Waals surface area contributed by atoms with Crippen LogP contribution in [0, 0.1) is 18.8 Å². The van der Waals surface area contributed by atoms with Crippen LogP contribution in [0.3, 0.4) is 0 Å². The molecule has 1 rings (SSSR count). The summed E-state index contributed by atoms with van der Waals surface area (Å²) in [6, 6.07) is 6.89. The van der Waals surface area contributed by atoms with Crippen LogP contribution in [0.2, 0.25) is 0 Å². The lowest BCUT2D eigenvalue weighted by Crippen LogP contribution is -2.31. The minimum Gasteiger partial charge on any atom is -0.371 e. The fourth-order valence-electron chi connectivity index (χ4n) is 2.60. The van der Waals surface area contributed by atoms with Gasteiger partial charge in [0.25, 0.3) is 0 Å². The van der Waals surface area contributed by atoms with Crippen LogP contribution >= 0.6 is 0 Å². The molecule has 0 heterocycles. The van der Waals surface area contributed by atoms with E-state index in [0.717, 1.165) is 26.2 Å². The molecule has 1 aromatic rings. The van der Waals surface area contributed by atoms with Crippen molar-refractivity contribution in [1.82, 2.24) is 5.32 Å². The molecule has 1 N–H and O–H groups in total. The van der Waals surface area contributed by atoms with Gasteiger partial charge in [-0.05, 0) is 42.5 Å². The van der Waals surface area contributed by atoms with Crippen LogP contribution in [0.25, 0.3) is 0 Å². The molecule has 0 bridgehead atoms. The van der Waals surface area contributed by atoms with Gasteiger partial charge in [-0.2, -0.15) is 0 Å². The Morgan fingerprint density at radius 3 is 2.10 bits per heavy atom. The van der Waals surface area contributed by atoms with Crippen molar-refractivity contribution in [2.75, 3.05) is 24.5 Å². The third-order valence-corrected chi connectivity index (χ3v) is 3.35. The molecule has 20 heavy (non-hydrogen) atoms. The highest BCUT2D eigenvalue weighted by atomic mass is 15.1. The van der Waals surface area contributed by atoms with E-state index in [1.807, 2.05) is 0 Å². The smallest absolute Gasteiger partial charge is 0.0396 e. The topological polar surface area (TPSA) is 15.3 Å². The van der Waals surface area contributed by atoms with Gasteiger partial charge in [0, 0.05) is 25.3 Å². The third kappa shape index (κ3) is 5.54. The Morgan fingerprint density at radius 1 is 1.05 bits per heavy atom. The molecule has 0 fully saturated rings. The predicted molar refractivity (Wildman–Crippen MR) is 90.4 cm³/mol. The summed E-state index contributed by atoms with van der Waals surface area (Å²) < 4.78 is 0. The number of hydrogen-bond donors (Lipinski definition) is 1. The van der Waals surface area contributed by atoms with E-state index in [9.17, 15) is 0 Å². The van der Waals surface area contributed by atoms with Gasteiger partial charge in [0.05, 0.1) is 0 Å². The Bertz CT molecular complexity index is 386. The van der Waals surface area contributed by atoms with Gasteiger partial charge in [0.15, 0.2) is 0 Å². The number of anilines is 1. The van der Waals surface area contributed by atoms with Crippen molar-refractivity contribution in [3.63, 3.8) is 0 Å². The zero-order chi connectivity index (χ0) is 15.1. The average molecular weight is 276 g/mol. The molecule has 0 unspecified atom stereocenters. The van der Waals surface area contributed by atoms with E-state index in [0.29, 0.717) is 11.8 Å². The Balaban J connectivity index is 2.89. The third-order valence-electron chi connectivity index (χ3n) is 3.35. The van der Waals surface area contributed by atoms with Crippen molar-refractivity contribution >= 4 is 5.69 Å². The maximum Gasteiger partial charge on any atom is 0.0396 e. The predicted octanol–water partition coefficient (Wildman–Crippen LogP) is 4.22. The van der Waals surface area contributed by atoms with E-state index >= 15 is 0 Å². The number of hydrogen-bond acceptors (Lipinski definition) is 2. The molecule has 1 aromatic carbocycles. The first kappa shape index (κ1) is 17.0. The van der Waals surface area contributed by atoms with Crippen molar-refractivity contribution in [2.24, 2.45) is 11.8 Å². The van der Waals surface area contributed by atoms with Gasteiger partial charge in [0.2, 0.25) is 0 Å². The zero-order valence-electron chi connectivity index (χ0n) is 14.2. The van der Waals surface area contributed by atoms with Gasteiger partial charge in [-0.1, -0.05) is 46.8 Å².